The fourth-order valence-corrected chi connectivity index (χ4v) is 2.21. The Balaban J connectivity index is 2.23. The Morgan fingerprint density at radius 1 is 1.35 bits per heavy atom. The van der Waals surface area contributed by atoms with Gasteiger partial charge in [0, 0.05) is 10.0 Å². The van der Waals surface area contributed by atoms with Gasteiger partial charge < -0.3 is 9.84 Å². The SMILES string of the molecule is O=C(O)c1c(Cl)cccc1OCc1ccc(Br)cc1F. The monoisotopic (exact) mass is 358 g/mol. The largest absolute Gasteiger partial charge is 0.488 e. The van der Waals surface area contributed by atoms with Gasteiger partial charge in [-0.05, 0) is 24.3 Å². The highest BCUT2D eigenvalue weighted by Gasteiger charge is 2.16. The Hall–Kier alpha value is -1.59. The van der Waals surface area contributed by atoms with Crippen LogP contribution < -0.4 is 4.74 Å². The number of rotatable bonds is 4. The molecular formula is C14H9BrClFO3. The lowest BCUT2D eigenvalue weighted by atomic mass is 10.2. The Labute approximate surface area is 128 Å². The first-order chi connectivity index (χ1) is 9.49. The first-order valence-corrected chi connectivity index (χ1v) is 6.74. The molecule has 0 aromatic heterocycles. The van der Waals surface area contributed by atoms with E-state index in [2.05, 4.69) is 15.9 Å². The summed E-state index contributed by atoms with van der Waals surface area (Å²) < 4.78 is 19.6. The molecule has 0 unspecified atom stereocenters. The lowest BCUT2D eigenvalue weighted by molar-refractivity contribution is 0.0692. The highest BCUT2D eigenvalue weighted by atomic mass is 79.9. The fourth-order valence-electron chi connectivity index (χ4n) is 1.63. The zero-order valence-electron chi connectivity index (χ0n) is 10.1. The lowest BCUT2D eigenvalue weighted by Crippen LogP contribution is -2.05. The maximum Gasteiger partial charge on any atom is 0.341 e. The summed E-state index contributed by atoms with van der Waals surface area (Å²) in [5.41, 5.74) is 0.191. The van der Waals surface area contributed by atoms with Crippen molar-refractivity contribution >= 4 is 33.5 Å². The number of hydrogen-bond acceptors (Lipinski definition) is 2. The van der Waals surface area contributed by atoms with Crippen molar-refractivity contribution in [3.63, 3.8) is 0 Å². The number of ether oxygens (including phenoxy) is 1. The summed E-state index contributed by atoms with van der Waals surface area (Å²) in [5, 5.41) is 9.17. The molecule has 0 heterocycles. The molecule has 2 aromatic carbocycles. The summed E-state index contributed by atoms with van der Waals surface area (Å²) in [7, 11) is 0. The molecule has 0 radical (unpaired) electrons. The van der Waals surface area contributed by atoms with Crippen LogP contribution >= 0.6 is 27.5 Å². The van der Waals surface area contributed by atoms with E-state index in [9.17, 15) is 9.18 Å². The predicted octanol–water partition coefficient (Wildman–Crippen LogP) is 4.52. The minimum absolute atomic E-state index is 0.0753. The summed E-state index contributed by atoms with van der Waals surface area (Å²) in [6.07, 6.45) is 0. The molecule has 2 aromatic rings. The molecule has 0 aliphatic heterocycles. The molecule has 0 saturated carbocycles. The van der Waals surface area contributed by atoms with E-state index in [0.29, 0.717) is 10.0 Å². The van der Waals surface area contributed by atoms with E-state index in [0.717, 1.165) is 0 Å². The quantitative estimate of drug-likeness (QED) is 0.873. The van der Waals surface area contributed by atoms with Crippen LogP contribution in [0.25, 0.3) is 0 Å². The van der Waals surface area contributed by atoms with Gasteiger partial charge in [0.15, 0.2) is 0 Å². The third kappa shape index (κ3) is 3.29. The Bertz CT molecular complexity index is 661. The number of halogens is 3. The number of carboxylic acids is 1. The molecule has 20 heavy (non-hydrogen) atoms. The van der Waals surface area contributed by atoms with Gasteiger partial charge in [0.05, 0.1) is 5.02 Å². The van der Waals surface area contributed by atoms with E-state index in [1.54, 1.807) is 18.2 Å². The van der Waals surface area contributed by atoms with Crippen LogP contribution in [0.2, 0.25) is 5.02 Å². The third-order valence-electron chi connectivity index (χ3n) is 2.59. The number of carbonyl (C=O) groups is 1. The van der Waals surface area contributed by atoms with Crippen molar-refractivity contribution in [2.45, 2.75) is 6.61 Å². The maximum atomic E-state index is 13.6. The van der Waals surface area contributed by atoms with E-state index in [4.69, 9.17) is 21.4 Å². The van der Waals surface area contributed by atoms with Crippen LogP contribution in [0.4, 0.5) is 4.39 Å². The number of aromatic carboxylic acids is 1. The van der Waals surface area contributed by atoms with Crippen molar-refractivity contribution in [3.8, 4) is 5.75 Å². The maximum absolute atomic E-state index is 13.6. The summed E-state index contributed by atoms with van der Waals surface area (Å²) in [4.78, 5) is 11.1. The summed E-state index contributed by atoms with van der Waals surface area (Å²) >= 11 is 8.97. The first kappa shape index (κ1) is 14.8. The average molecular weight is 360 g/mol. The highest BCUT2D eigenvalue weighted by Crippen LogP contribution is 2.27. The van der Waals surface area contributed by atoms with Gasteiger partial charge in [-0.2, -0.15) is 0 Å². The van der Waals surface area contributed by atoms with Crippen LogP contribution in [-0.2, 0) is 6.61 Å². The van der Waals surface area contributed by atoms with Crippen LogP contribution in [0, 0.1) is 5.82 Å². The smallest absolute Gasteiger partial charge is 0.341 e. The molecule has 0 aliphatic rings. The summed E-state index contributed by atoms with van der Waals surface area (Å²) in [6, 6.07) is 9.06. The number of carboxylic acid groups (broad SMARTS) is 1. The van der Waals surface area contributed by atoms with E-state index in [-0.39, 0.29) is 22.9 Å². The molecular weight excluding hydrogens is 351 g/mol. The van der Waals surface area contributed by atoms with Crippen molar-refractivity contribution in [2.24, 2.45) is 0 Å². The molecule has 0 spiro atoms. The van der Waals surface area contributed by atoms with Gasteiger partial charge in [0.25, 0.3) is 0 Å². The number of hydrogen-bond donors (Lipinski definition) is 1. The summed E-state index contributed by atoms with van der Waals surface area (Å²) in [6.45, 7) is -0.0836. The van der Waals surface area contributed by atoms with Crippen LogP contribution in [0.15, 0.2) is 40.9 Å². The van der Waals surface area contributed by atoms with Gasteiger partial charge in [-0.3, -0.25) is 0 Å². The van der Waals surface area contributed by atoms with Crippen LogP contribution in [0.1, 0.15) is 15.9 Å². The topological polar surface area (TPSA) is 46.5 Å². The van der Waals surface area contributed by atoms with Gasteiger partial charge >= 0.3 is 5.97 Å². The average Bonchev–Trinajstić information content (AvgIpc) is 2.37. The minimum atomic E-state index is -1.19. The highest BCUT2D eigenvalue weighted by molar-refractivity contribution is 9.10. The van der Waals surface area contributed by atoms with Crippen LogP contribution in [0.5, 0.6) is 5.75 Å². The second-order valence-electron chi connectivity index (χ2n) is 3.94. The van der Waals surface area contributed by atoms with E-state index in [1.807, 2.05) is 0 Å². The minimum Gasteiger partial charge on any atom is -0.488 e. The zero-order valence-corrected chi connectivity index (χ0v) is 12.4. The molecule has 0 saturated heterocycles. The molecule has 1 N–H and O–H groups in total. The van der Waals surface area contributed by atoms with Crippen molar-refractivity contribution in [1.29, 1.82) is 0 Å². The van der Waals surface area contributed by atoms with Gasteiger partial charge in [-0.25, -0.2) is 9.18 Å². The van der Waals surface area contributed by atoms with Crippen molar-refractivity contribution in [3.05, 3.63) is 62.8 Å². The molecule has 6 heteroatoms. The molecule has 3 nitrogen and oxygen atoms in total. The van der Waals surface area contributed by atoms with Gasteiger partial charge in [-0.15, -0.1) is 0 Å². The fraction of sp³-hybridized carbons (Fsp3) is 0.0714. The molecule has 0 amide bonds. The van der Waals surface area contributed by atoms with E-state index in [1.165, 1.54) is 18.2 Å². The van der Waals surface area contributed by atoms with Crippen molar-refractivity contribution < 1.29 is 19.0 Å². The Morgan fingerprint density at radius 2 is 2.10 bits per heavy atom. The first-order valence-electron chi connectivity index (χ1n) is 5.57. The molecule has 2 rings (SSSR count). The van der Waals surface area contributed by atoms with Crippen LogP contribution in [0.3, 0.4) is 0 Å². The van der Waals surface area contributed by atoms with Crippen molar-refractivity contribution in [1.82, 2.24) is 0 Å². The standard InChI is InChI=1S/C14H9BrClFO3/c15-9-5-4-8(11(17)6-9)7-20-12-3-1-2-10(16)13(12)14(18)19/h1-6H,7H2,(H,18,19). The molecule has 104 valence electrons. The Morgan fingerprint density at radius 3 is 2.75 bits per heavy atom. The second-order valence-corrected chi connectivity index (χ2v) is 5.27. The van der Waals surface area contributed by atoms with Gasteiger partial charge in [-0.1, -0.05) is 39.7 Å². The summed E-state index contributed by atoms with van der Waals surface area (Å²) in [5.74, 6) is -1.52. The molecule has 0 atom stereocenters. The normalized spacial score (nSPS) is 10.3. The predicted molar refractivity (Wildman–Crippen MR) is 76.8 cm³/mol. The zero-order chi connectivity index (χ0) is 14.7. The Kier molecular flexibility index (Phi) is 4.62. The molecule has 0 bridgehead atoms. The van der Waals surface area contributed by atoms with Crippen molar-refractivity contribution in [2.75, 3.05) is 0 Å². The third-order valence-corrected chi connectivity index (χ3v) is 3.40. The molecule has 0 aliphatic carbocycles. The van der Waals surface area contributed by atoms with Crippen LogP contribution in [-0.4, -0.2) is 11.1 Å². The van der Waals surface area contributed by atoms with Gasteiger partial charge in [0.1, 0.15) is 23.7 Å². The lowest BCUT2D eigenvalue weighted by Gasteiger charge is -2.11. The number of benzene rings is 2. The second kappa shape index (κ2) is 6.24. The van der Waals surface area contributed by atoms with E-state index >= 15 is 0 Å². The molecule has 0 fully saturated rings. The van der Waals surface area contributed by atoms with E-state index < -0.39 is 11.8 Å². The van der Waals surface area contributed by atoms with Gasteiger partial charge in [0.2, 0.25) is 0 Å².